The fourth-order valence-electron chi connectivity index (χ4n) is 9.56. The van der Waals surface area contributed by atoms with Gasteiger partial charge in [-0.15, -0.1) is 0 Å². The minimum Gasteiger partial charge on any atom is -0.396 e. The molecule has 4 fully saturated rings. The minimum atomic E-state index is -4.65. The Hall–Kier alpha value is -0.290. The van der Waals surface area contributed by atoms with Crippen molar-refractivity contribution in [2.75, 3.05) is 6.61 Å². The van der Waals surface area contributed by atoms with Crippen LogP contribution >= 0.6 is 0 Å². The van der Waals surface area contributed by atoms with E-state index in [4.69, 9.17) is 4.18 Å². The molecule has 36 heavy (non-hydrogen) atoms. The predicted molar refractivity (Wildman–Crippen MR) is 135 cm³/mol. The molecule has 0 spiro atoms. The second-order valence-corrected chi connectivity index (χ2v) is 14.5. The number of hydrogen-bond acceptors (Lipinski definition) is 7. The maximum absolute atomic E-state index is 11.9. The van der Waals surface area contributed by atoms with Crippen molar-refractivity contribution in [3.63, 3.8) is 0 Å². The quantitative estimate of drug-likeness (QED) is 0.299. The van der Waals surface area contributed by atoms with Crippen LogP contribution < -0.4 is 0 Å². The molecule has 0 radical (unpaired) electrons. The summed E-state index contributed by atoms with van der Waals surface area (Å²) in [4.78, 5) is 0. The van der Waals surface area contributed by atoms with Crippen molar-refractivity contribution in [2.45, 2.75) is 116 Å². The van der Waals surface area contributed by atoms with Gasteiger partial charge in [0.15, 0.2) is 0 Å². The molecule has 0 aromatic carbocycles. The zero-order valence-corrected chi connectivity index (χ0v) is 23.2. The molecular weight excluding hydrogens is 484 g/mol. The fourth-order valence-corrected chi connectivity index (χ4v) is 10.1. The highest BCUT2D eigenvalue weighted by Crippen LogP contribution is 2.69. The van der Waals surface area contributed by atoms with Crippen molar-refractivity contribution >= 4 is 10.4 Å². The SMILES string of the molecule is C[C@H](CO)CCC[C@@H](C)[C@H]1C[C@H](OS(=O)(=O)O)[C@H]2[C@@H]3C[C@@H](O)[C@@]4(O)C[C@@H](O)CC[C@]4(C)[C@H]3CC[C@@]21C. The third kappa shape index (κ3) is 4.80. The molecule has 210 valence electrons. The third-order valence-electron chi connectivity index (χ3n) is 11.5. The molecule has 0 amide bonds. The van der Waals surface area contributed by atoms with E-state index < -0.39 is 39.7 Å². The van der Waals surface area contributed by atoms with E-state index in [2.05, 4.69) is 13.8 Å². The molecule has 12 atom stereocenters. The first kappa shape index (κ1) is 28.7. The summed E-state index contributed by atoms with van der Waals surface area (Å²) in [6.07, 6.45) is 4.56. The topological polar surface area (TPSA) is 145 Å². The summed E-state index contributed by atoms with van der Waals surface area (Å²) in [5.41, 5.74) is -2.16. The fraction of sp³-hybridized carbons (Fsp3) is 1.00. The number of rotatable bonds is 8. The molecular formula is C27H48O8S. The molecule has 4 aliphatic rings. The van der Waals surface area contributed by atoms with Gasteiger partial charge in [-0.05, 0) is 85.9 Å². The first-order chi connectivity index (χ1) is 16.7. The first-order valence-corrected chi connectivity index (χ1v) is 15.4. The van der Waals surface area contributed by atoms with Crippen molar-refractivity contribution in [3.8, 4) is 0 Å². The van der Waals surface area contributed by atoms with E-state index in [1.54, 1.807) is 0 Å². The maximum atomic E-state index is 11.9. The predicted octanol–water partition coefficient (Wildman–Crippen LogP) is 3.32. The Balaban J connectivity index is 1.64. The third-order valence-corrected chi connectivity index (χ3v) is 12.0. The van der Waals surface area contributed by atoms with E-state index in [0.29, 0.717) is 31.6 Å². The van der Waals surface area contributed by atoms with Gasteiger partial charge >= 0.3 is 10.4 Å². The van der Waals surface area contributed by atoms with Crippen molar-refractivity contribution in [2.24, 2.45) is 46.3 Å². The highest BCUT2D eigenvalue weighted by molar-refractivity contribution is 7.80. The molecule has 0 bridgehead atoms. The zero-order valence-electron chi connectivity index (χ0n) is 22.3. The molecule has 4 aliphatic carbocycles. The molecule has 0 aliphatic heterocycles. The van der Waals surface area contributed by atoms with E-state index in [1.165, 1.54) is 0 Å². The van der Waals surface area contributed by atoms with Gasteiger partial charge in [0.1, 0.15) is 0 Å². The summed E-state index contributed by atoms with van der Waals surface area (Å²) in [5.74, 6) is 0.651. The molecule has 0 unspecified atom stereocenters. The smallest absolute Gasteiger partial charge is 0.396 e. The molecule has 0 aromatic heterocycles. The van der Waals surface area contributed by atoms with Crippen molar-refractivity contribution in [1.82, 2.24) is 0 Å². The molecule has 0 heterocycles. The lowest BCUT2D eigenvalue weighted by Gasteiger charge is -2.65. The van der Waals surface area contributed by atoms with Crippen LogP contribution in [0.2, 0.25) is 0 Å². The number of aliphatic hydroxyl groups is 4. The Bertz CT molecular complexity index is 896. The Morgan fingerprint density at radius 2 is 1.75 bits per heavy atom. The molecule has 9 heteroatoms. The van der Waals surface area contributed by atoms with Crippen LogP contribution in [0.25, 0.3) is 0 Å². The molecule has 0 aromatic rings. The average molecular weight is 533 g/mol. The summed E-state index contributed by atoms with van der Waals surface area (Å²) >= 11 is 0. The van der Waals surface area contributed by atoms with Gasteiger partial charge in [-0.25, -0.2) is 4.18 Å². The van der Waals surface area contributed by atoms with Crippen molar-refractivity contribution < 1.29 is 37.6 Å². The van der Waals surface area contributed by atoms with Crippen LogP contribution in [0, 0.1) is 46.3 Å². The number of aliphatic hydroxyl groups excluding tert-OH is 3. The van der Waals surface area contributed by atoms with Crippen molar-refractivity contribution in [1.29, 1.82) is 0 Å². The minimum absolute atomic E-state index is 0.0439. The van der Waals surface area contributed by atoms with Crippen LogP contribution in [0.4, 0.5) is 0 Å². The van der Waals surface area contributed by atoms with Crippen LogP contribution in [0.1, 0.15) is 91.9 Å². The lowest BCUT2D eigenvalue weighted by molar-refractivity contribution is -0.267. The summed E-state index contributed by atoms with van der Waals surface area (Å²) in [6.45, 7) is 8.71. The van der Waals surface area contributed by atoms with Gasteiger partial charge in [0.25, 0.3) is 0 Å². The lowest BCUT2D eigenvalue weighted by atomic mass is 9.42. The second kappa shape index (κ2) is 10.0. The Morgan fingerprint density at radius 1 is 1.06 bits per heavy atom. The van der Waals surface area contributed by atoms with E-state index in [9.17, 15) is 33.4 Å². The Morgan fingerprint density at radius 3 is 2.39 bits per heavy atom. The second-order valence-electron chi connectivity index (χ2n) is 13.4. The maximum Gasteiger partial charge on any atom is 0.397 e. The van der Waals surface area contributed by atoms with Crippen LogP contribution in [-0.2, 0) is 14.6 Å². The van der Waals surface area contributed by atoms with Gasteiger partial charge in [0.2, 0.25) is 0 Å². The first-order valence-electron chi connectivity index (χ1n) is 14.0. The van der Waals surface area contributed by atoms with Gasteiger partial charge in [-0.2, -0.15) is 8.42 Å². The van der Waals surface area contributed by atoms with Crippen LogP contribution in [0.15, 0.2) is 0 Å². The Labute approximate surface area is 216 Å². The normalized spacial score (nSPS) is 48.5. The summed E-state index contributed by atoms with van der Waals surface area (Å²) in [7, 11) is -4.65. The van der Waals surface area contributed by atoms with E-state index in [-0.39, 0.29) is 48.0 Å². The summed E-state index contributed by atoms with van der Waals surface area (Å²) in [6, 6.07) is 0. The number of fused-ring (bicyclic) bond motifs is 5. The largest absolute Gasteiger partial charge is 0.397 e. The molecule has 4 saturated carbocycles. The molecule has 5 N–H and O–H groups in total. The standard InChI is InChI=1S/C27H48O8S/c1-16(15-28)6-5-7-17(2)21-13-22(35-36(32,33)34)24-19-12-23(30)27(31)14-18(29)8-11-26(27,4)20(19)9-10-25(21,24)3/h16-24,28-31H,5-15H2,1-4H3,(H,32,33,34)/t16-,17+,18-,19+,20-,21+,22-,23+,24+,25+,26+,27-/m0/s1. The zero-order chi connectivity index (χ0) is 26.7. The van der Waals surface area contributed by atoms with Gasteiger partial charge in [0.05, 0.1) is 23.9 Å². The highest BCUT2D eigenvalue weighted by Gasteiger charge is 2.69. The Kier molecular flexibility index (Phi) is 8.00. The number of hydrogen-bond donors (Lipinski definition) is 5. The summed E-state index contributed by atoms with van der Waals surface area (Å²) in [5, 5.41) is 42.7. The highest BCUT2D eigenvalue weighted by atomic mass is 32.3. The van der Waals surface area contributed by atoms with Crippen LogP contribution in [0.5, 0.6) is 0 Å². The van der Waals surface area contributed by atoms with Crippen LogP contribution in [-0.4, -0.2) is 63.9 Å². The molecule has 0 saturated heterocycles. The lowest BCUT2D eigenvalue weighted by Crippen LogP contribution is -2.69. The van der Waals surface area contributed by atoms with Crippen molar-refractivity contribution in [3.05, 3.63) is 0 Å². The van der Waals surface area contributed by atoms with Crippen LogP contribution in [0.3, 0.4) is 0 Å². The average Bonchev–Trinajstić information content (AvgIpc) is 3.06. The van der Waals surface area contributed by atoms with E-state index in [1.807, 2.05) is 13.8 Å². The molecule has 8 nitrogen and oxygen atoms in total. The van der Waals surface area contributed by atoms with E-state index in [0.717, 1.165) is 32.1 Å². The monoisotopic (exact) mass is 532 g/mol. The van der Waals surface area contributed by atoms with Gasteiger partial charge in [-0.3, -0.25) is 4.55 Å². The van der Waals surface area contributed by atoms with Gasteiger partial charge < -0.3 is 20.4 Å². The molecule has 4 rings (SSSR count). The van der Waals surface area contributed by atoms with E-state index >= 15 is 0 Å². The summed E-state index contributed by atoms with van der Waals surface area (Å²) < 4.78 is 38.9. The van der Waals surface area contributed by atoms with Gasteiger partial charge in [-0.1, -0.05) is 40.5 Å². The van der Waals surface area contributed by atoms with Gasteiger partial charge in [0, 0.05) is 18.4 Å².